The van der Waals surface area contributed by atoms with Crippen LogP contribution in [0.5, 0.6) is 0 Å². The Balaban J connectivity index is 1.87. The second-order valence-corrected chi connectivity index (χ2v) is 7.49. The van der Waals surface area contributed by atoms with Crippen molar-refractivity contribution in [1.82, 2.24) is 0 Å². The van der Waals surface area contributed by atoms with E-state index in [1.54, 1.807) is 6.07 Å². The fourth-order valence-corrected chi connectivity index (χ4v) is 4.38. The highest BCUT2D eigenvalue weighted by Crippen LogP contribution is 2.52. The average molecular weight is 374 g/mol. The predicted molar refractivity (Wildman–Crippen MR) is 101 cm³/mol. The highest BCUT2D eigenvalue weighted by molar-refractivity contribution is 6.42. The summed E-state index contributed by atoms with van der Waals surface area (Å²) in [5, 5.41) is 14.3. The maximum atomic E-state index is 11.7. The van der Waals surface area contributed by atoms with Gasteiger partial charge in [0, 0.05) is 11.6 Å². The normalized spacial score (nSPS) is 23.7. The molecule has 2 N–H and O–H groups in total. The number of benzene rings is 2. The number of nitrogens with one attached hydrogen (secondary N) is 1. The zero-order valence-corrected chi connectivity index (χ0v) is 15.1. The van der Waals surface area contributed by atoms with E-state index in [1.807, 2.05) is 31.2 Å². The lowest BCUT2D eigenvalue weighted by atomic mass is 9.75. The molecule has 5 heteroatoms. The minimum Gasteiger partial charge on any atom is -0.478 e. The number of hydrogen-bond acceptors (Lipinski definition) is 2. The number of halogens is 2. The molecular weight excluding hydrogens is 357 g/mol. The molecule has 1 aliphatic heterocycles. The van der Waals surface area contributed by atoms with E-state index in [-0.39, 0.29) is 17.9 Å². The molecule has 1 aliphatic carbocycles. The van der Waals surface area contributed by atoms with E-state index >= 15 is 0 Å². The average Bonchev–Trinajstić information content (AvgIpc) is 3.06. The molecule has 3 atom stereocenters. The molecular formula is C20H17Cl2NO2. The second-order valence-electron chi connectivity index (χ2n) is 6.67. The van der Waals surface area contributed by atoms with Crippen LogP contribution in [0.3, 0.4) is 0 Å². The van der Waals surface area contributed by atoms with Gasteiger partial charge in [-0.05, 0) is 54.2 Å². The van der Waals surface area contributed by atoms with Crippen molar-refractivity contribution in [2.24, 2.45) is 5.92 Å². The summed E-state index contributed by atoms with van der Waals surface area (Å²) in [4.78, 5) is 11.7. The van der Waals surface area contributed by atoms with Crippen molar-refractivity contribution in [2.75, 3.05) is 5.32 Å². The molecule has 0 bridgehead atoms. The van der Waals surface area contributed by atoms with Gasteiger partial charge in [-0.25, -0.2) is 4.79 Å². The molecule has 1 heterocycles. The number of rotatable bonds is 2. The van der Waals surface area contributed by atoms with E-state index in [0.717, 1.165) is 28.8 Å². The number of anilines is 1. The summed E-state index contributed by atoms with van der Waals surface area (Å²) in [5.74, 6) is -0.545. The van der Waals surface area contributed by atoms with Crippen molar-refractivity contribution in [2.45, 2.75) is 25.3 Å². The molecule has 0 fully saturated rings. The summed E-state index contributed by atoms with van der Waals surface area (Å²) in [6.07, 6.45) is 5.18. The van der Waals surface area contributed by atoms with Crippen molar-refractivity contribution in [3.8, 4) is 0 Å². The maximum absolute atomic E-state index is 11.7. The van der Waals surface area contributed by atoms with Gasteiger partial charge in [0.25, 0.3) is 0 Å². The van der Waals surface area contributed by atoms with Gasteiger partial charge < -0.3 is 10.4 Å². The molecule has 2 aromatic rings. The number of aryl methyl sites for hydroxylation is 1. The van der Waals surface area contributed by atoms with Crippen LogP contribution >= 0.6 is 23.2 Å². The van der Waals surface area contributed by atoms with E-state index in [0.29, 0.717) is 15.6 Å². The summed E-state index contributed by atoms with van der Waals surface area (Å²) in [6, 6.07) is 9.33. The van der Waals surface area contributed by atoms with Gasteiger partial charge in [-0.3, -0.25) is 0 Å². The standard InChI is InChI=1S/C20H17Cl2NO2/c1-10-5-7-14(20(24)25)17-12-3-2-4-13(12)19(23-18(10)17)11-6-8-15(21)16(22)9-11/h2-3,5-9,12-13,19,23H,4H2,1H3,(H,24,25)/t12-,13+,19-/m1/s1. The van der Waals surface area contributed by atoms with Crippen LogP contribution in [0.1, 0.15) is 45.4 Å². The third-order valence-corrected chi connectivity index (χ3v) is 6.00. The van der Waals surface area contributed by atoms with Crippen LogP contribution in [0, 0.1) is 12.8 Å². The van der Waals surface area contributed by atoms with E-state index in [1.165, 1.54) is 0 Å². The van der Waals surface area contributed by atoms with Gasteiger partial charge in [0.1, 0.15) is 0 Å². The van der Waals surface area contributed by atoms with Crippen LogP contribution in [0.4, 0.5) is 5.69 Å². The summed E-state index contributed by atoms with van der Waals surface area (Å²) in [7, 11) is 0. The number of hydrogen-bond donors (Lipinski definition) is 2. The van der Waals surface area contributed by atoms with Crippen LogP contribution < -0.4 is 5.32 Å². The first-order valence-electron chi connectivity index (χ1n) is 8.22. The summed E-state index contributed by atoms with van der Waals surface area (Å²) in [5.41, 5.74) is 4.30. The minimum absolute atomic E-state index is 0.0602. The lowest BCUT2D eigenvalue weighted by Gasteiger charge is -2.39. The van der Waals surface area contributed by atoms with Gasteiger partial charge in [0.15, 0.2) is 0 Å². The second kappa shape index (κ2) is 6.08. The smallest absolute Gasteiger partial charge is 0.336 e. The first-order chi connectivity index (χ1) is 12.0. The Morgan fingerprint density at radius 2 is 2.00 bits per heavy atom. The van der Waals surface area contributed by atoms with Crippen LogP contribution in [0.2, 0.25) is 10.0 Å². The van der Waals surface area contributed by atoms with Gasteiger partial charge >= 0.3 is 5.97 Å². The summed E-state index contributed by atoms with van der Waals surface area (Å²) < 4.78 is 0. The molecule has 0 radical (unpaired) electrons. The van der Waals surface area contributed by atoms with Gasteiger partial charge in [-0.15, -0.1) is 0 Å². The molecule has 0 amide bonds. The fourth-order valence-electron chi connectivity index (χ4n) is 4.08. The molecule has 128 valence electrons. The van der Waals surface area contributed by atoms with Gasteiger partial charge in [0.2, 0.25) is 0 Å². The Hall–Kier alpha value is -1.97. The summed E-state index contributed by atoms with van der Waals surface area (Å²) >= 11 is 12.3. The monoisotopic (exact) mass is 373 g/mol. The molecule has 25 heavy (non-hydrogen) atoms. The van der Waals surface area contributed by atoms with E-state index in [9.17, 15) is 9.90 Å². The van der Waals surface area contributed by atoms with Crippen LogP contribution in [-0.4, -0.2) is 11.1 Å². The first-order valence-corrected chi connectivity index (χ1v) is 8.98. The number of carboxylic acids is 1. The first kappa shape index (κ1) is 16.5. The molecule has 0 saturated carbocycles. The fraction of sp³-hybridized carbons (Fsp3) is 0.250. The Bertz CT molecular complexity index is 907. The van der Waals surface area contributed by atoms with Gasteiger partial charge in [-0.1, -0.05) is 47.5 Å². The number of allylic oxidation sites excluding steroid dienone is 2. The molecule has 0 unspecified atom stereocenters. The summed E-state index contributed by atoms with van der Waals surface area (Å²) in [6.45, 7) is 2.00. The zero-order valence-electron chi connectivity index (χ0n) is 13.6. The Labute approximate surface area is 156 Å². The third-order valence-electron chi connectivity index (χ3n) is 5.26. The highest BCUT2D eigenvalue weighted by atomic mass is 35.5. The lowest BCUT2D eigenvalue weighted by molar-refractivity contribution is 0.0695. The highest BCUT2D eigenvalue weighted by Gasteiger charge is 2.40. The van der Waals surface area contributed by atoms with Gasteiger partial charge in [0.05, 0.1) is 21.7 Å². The van der Waals surface area contributed by atoms with Crippen molar-refractivity contribution >= 4 is 34.9 Å². The van der Waals surface area contributed by atoms with Crippen molar-refractivity contribution in [1.29, 1.82) is 0 Å². The van der Waals surface area contributed by atoms with Crippen molar-refractivity contribution < 1.29 is 9.90 Å². The van der Waals surface area contributed by atoms with Crippen molar-refractivity contribution in [3.05, 3.63) is 74.8 Å². The SMILES string of the molecule is Cc1ccc(C(=O)O)c2c1N[C@H](c1ccc(Cl)c(Cl)c1)[C@H]1CC=C[C@@H]21. The number of carboxylic acid groups (broad SMARTS) is 1. The zero-order chi connectivity index (χ0) is 17.7. The predicted octanol–water partition coefficient (Wildman–Crippen LogP) is 5.83. The topological polar surface area (TPSA) is 49.3 Å². The quantitative estimate of drug-likeness (QED) is 0.651. The number of carbonyl (C=O) groups is 1. The molecule has 0 spiro atoms. The van der Waals surface area contributed by atoms with Crippen LogP contribution in [-0.2, 0) is 0 Å². The number of fused-ring (bicyclic) bond motifs is 3. The van der Waals surface area contributed by atoms with E-state index in [4.69, 9.17) is 23.2 Å². The lowest BCUT2D eigenvalue weighted by Crippen LogP contribution is -2.31. The molecule has 4 rings (SSSR count). The third kappa shape index (κ3) is 2.62. The Morgan fingerprint density at radius 1 is 1.20 bits per heavy atom. The van der Waals surface area contributed by atoms with Gasteiger partial charge in [-0.2, -0.15) is 0 Å². The Kier molecular flexibility index (Phi) is 4.01. The molecule has 0 saturated heterocycles. The molecule has 3 nitrogen and oxygen atoms in total. The molecule has 2 aromatic carbocycles. The molecule has 0 aromatic heterocycles. The van der Waals surface area contributed by atoms with Crippen LogP contribution in [0.25, 0.3) is 0 Å². The molecule has 2 aliphatic rings. The Morgan fingerprint density at radius 3 is 2.72 bits per heavy atom. The van der Waals surface area contributed by atoms with Crippen molar-refractivity contribution in [3.63, 3.8) is 0 Å². The van der Waals surface area contributed by atoms with Crippen LogP contribution in [0.15, 0.2) is 42.5 Å². The minimum atomic E-state index is -0.884. The van der Waals surface area contributed by atoms with E-state index < -0.39 is 5.97 Å². The largest absolute Gasteiger partial charge is 0.478 e. The van der Waals surface area contributed by atoms with E-state index in [2.05, 4.69) is 17.5 Å². The number of aromatic carboxylic acids is 1. The maximum Gasteiger partial charge on any atom is 0.336 e.